The van der Waals surface area contributed by atoms with E-state index in [0.29, 0.717) is 40.8 Å². The van der Waals surface area contributed by atoms with E-state index in [1.807, 2.05) is 11.5 Å². The van der Waals surface area contributed by atoms with Crippen LogP contribution in [0.25, 0.3) is 22.2 Å². The number of hydrogen-bond acceptors (Lipinski definition) is 6. The highest BCUT2D eigenvalue weighted by Crippen LogP contribution is 2.48. The maximum atomic E-state index is 15.2. The lowest BCUT2D eigenvalue weighted by Gasteiger charge is -2.21. The van der Waals surface area contributed by atoms with Gasteiger partial charge in [-0.05, 0) is 38.0 Å². The Hall–Kier alpha value is -3.99. The summed E-state index contributed by atoms with van der Waals surface area (Å²) < 4.78 is 48.3. The molecule has 0 spiro atoms. The summed E-state index contributed by atoms with van der Waals surface area (Å²) in [6.45, 7) is 0.348. The molecule has 0 unspecified atom stereocenters. The average Bonchev–Trinajstić information content (AvgIpc) is 3.34. The zero-order valence-electron chi connectivity index (χ0n) is 19.9. The quantitative estimate of drug-likeness (QED) is 0.407. The van der Waals surface area contributed by atoms with Crippen molar-refractivity contribution in [3.05, 3.63) is 71.3 Å². The van der Waals surface area contributed by atoms with Gasteiger partial charge in [-0.2, -0.15) is 8.78 Å². The number of halogens is 3. The summed E-state index contributed by atoms with van der Waals surface area (Å²) in [5.74, 6) is -0.302. The van der Waals surface area contributed by atoms with Gasteiger partial charge >= 0.3 is 6.61 Å². The van der Waals surface area contributed by atoms with Crippen LogP contribution in [0.4, 0.5) is 13.2 Å². The standard InChI is InChI=1S/C26H22F3N5O3/c1-3-26(2,36)24-30-10-12(11-31-24)14-7-18-16(8-15(14)27)32-22-17-9-19(34(18)22)21-13(23(35)33-17)5-4-6-20(21)37-25(28)29/h4-8,10-11,17,19,25,36H,3,9H2,1-2H3,(H,33,35)/t17-,19-,26-/m1/s1. The highest BCUT2D eigenvalue weighted by Gasteiger charge is 2.42. The van der Waals surface area contributed by atoms with Gasteiger partial charge in [0.15, 0.2) is 5.82 Å². The molecule has 2 aromatic heterocycles. The number of alkyl halides is 2. The molecule has 0 fully saturated rings. The molecule has 2 bridgehead atoms. The van der Waals surface area contributed by atoms with E-state index in [-0.39, 0.29) is 22.7 Å². The summed E-state index contributed by atoms with van der Waals surface area (Å²) >= 11 is 0. The minimum absolute atomic E-state index is 0.0858. The van der Waals surface area contributed by atoms with Gasteiger partial charge in [0.2, 0.25) is 0 Å². The molecule has 4 aromatic rings. The SMILES string of the molecule is CC[C@@](C)(O)c1ncc(-c2cc3c(cc2F)nc2n3[C@@H]3C[C@H]2NC(=O)c2cccc(OC(F)F)c23)cn1. The topological polar surface area (TPSA) is 102 Å². The van der Waals surface area contributed by atoms with Gasteiger partial charge in [0.25, 0.3) is 5.91 Å². The van der Waals surface area contributed by atoms with Crippen molar-refractivity contribution in [3.8, 4) is 16.9 Å². The number of ether oxygens (including phenoxy) is 1. The Labute approximate surface area is 209 Å². The number of carbonyl (C=O) groups excluding carboxylic acids is 1. The van der Waals surface area contributed by atoms with Crippen molar-refractivity contribution in [2.45, 2.75) is 51.0 Å². The molecular weight excluding hydrogens is 487 g/mol. The van der Waals surface area contributed by atoms with E-state index in [1.165, 1.54) is 30.6 Å². The number of aliphatic hydroxyl groups is 1. The van der Waals surface area contributed by atoms with Crippen molar-refractivity contribution in [3.63, 3.8) is 0 Å². The molecular formula is C26H22F3N5O3. The van der Waals surface area contributed by atoms with Gasteiger partial charge in [-0.15, -0.1) is 0 Å². The molecule has 0 aliphatic carbocycles. The first-order valence-electron chi connectivity index (χ1n) is 11.8. The molecule has 8 nitrogen and oxygen atoms in total. The predicted octanol–water partition coefficient (Wildman–Crippen LogP) is 4.63. The average molecular weight is 509 g/mol. The Balaban J connectivity index is 1.51. The van der Waals surface area contributed by atoms with Crippen LogP contribution in [0.2, 0.25) is 0 Å². The van der Waals surface area contributed by atoms with Crippen LogP contribution < -0.4 is 10.1 Å². The molecule has 4 heterocycles. The molecule has 0 radical (unpaired) electrons. The fourth-order valence-corrected chi connectivity index (χ4v) is 5.16. The molecule has 3 atom stereocenters. The van der Waals surface area contributed by atoms with E-state index >= 15 is 4.39 Å². The monoisotopic (exact) mass is 509 g/mol. The highest BCUT2D eigenvalue weighted by atomic mass is 19.3. The van der Waals surface area contributed by atoms with Gasteiger partial charge in [0.05, 0.1) is 23.1 Å². The van der Waals surface area contributed by atoms with E-state index < -0.39 is 36.0 Å². The summed E-state index contributed by atoms with van der Waals surface area (Å²) in [6, 6.07) is 6.36. The maximum Gasteiger partial charge on any atom is 0.387 e. The maximum absolute atomic E-state index is 15.2. The molecule has 0 saturated carbocycles. The first-order valence-corrected chi connectivity index (χ1v) is 11.8. The minimum Gasteiger partial charge on any atom is -0.434 e. The van der Waals surface area contributed by atoms with Gasteiger partial charge in [-0.25, -0.2) is 19.3 Å². The minimum atomic E-state index is -3.06. The van der Waals surface area contributed by atoms with Crippen LogP contribution in [0.1, 0.15) is 66.3 Å². The van der Waals surface area contributed by atoms with Gasteiger partial charge in [0, 0.05) is 40.7 Å². The number of fused-ring (bicyclic) bond motifs is 9. The molecule has 190 valence electrons. The van der Waals surface area contributed by atoms with Crippen molar-refractivity contribution in [2.24, 2.45) is 0 Å². The predicted molar refractivity (Wildman–Crippen MR) is 127 cm³/mol. The van der Waals surface area contributed by atoms with E-state index in [2.05, 4.69) is 20.3 Å². The fourth-order valence-electron chi connectivity index (χ4n) is 5.16. The number of nitrogens with one attached hydrogen (secondary N) is 1. The molecule has 37 heavy (non-hydrogen) atoms. The number of rotatable bonds is 5. The van der Waals surface area contributed by atoms with Crippen LogP contribution in [0.3, 0.4) is 0 Å². The Morgan fingerprint density at radius 1 is 1.24 bits per heavy atom. The molecule has 6 rings (SSSR count). The normalized spacial score (nSPS) is 19.8. The number of hydrogen-bond donors (Lipinski definition) is 2. The van der Waals surface area contributed by atoms with Crippen LogP contribution in [0, 0.1) is 5.82 Å². The van der Waals surface area contributed by atoms with Gasteiger partial charge in [-0.1, -0.05) is 13.0 Å². The molecule has 0 saturated heterocycles. The number of carbonyl (C=O) groups is 1. The van der Waals surface area contributed by atoms with Crippen LogP contribution in [0.15, 0.2) is 42.7 Å². The van der Waals surface area contributed by atoms with Gasteiger partial charge < -0.3 is 19.7 Å². The lowest BCUT2D eigenvalue weighted by Crippen LogP contribution is -2.28. The van der Waals surface area contributed by atoms with Crippen LogP contribution in [0.5, 0.6) is 5.75 Å². The number of nitrogens with zero attached hydrogens (tertiary/aromatic N) is 4. The number of amides is 1. The summed E-state index contributed by atoms with van der Waals surface area (Å²) in [6.07, 6.45) is 3.70. The second kappa shape index (κ2) is 8.27. The van der Waals surface area contributed by atoms with E-state index in [4.69, 9.17) is 4.74 Å². The lowest BCUT2D eigenvalue weighted by molar-refractivity contribution is -0.0507. The summed E-state index contributed by atoms with van der Waals surface area (Å²) in [4.78, 5) is 25.9. The first-order chi connectivity index (χ1) is 17.7. The van der Waals surface area contributed by atoms with Crippen molar-refractivity contribution in [1.82, 2.24) is 24.8 Å². The van der Waals surface area contributed by atoms with Crippen LogP contribution in [-0.2, 0) is 5.60 Å². The Kier molecular flexibility index (Phi) is 5.23. The molecule has 2 N–H and O–H groups in total. The van der Waals surface area contributed by atoms with Crippen molar-refractivity contribution in [2.75, 3.05) is 0 Å². The van der Waals surface area contributed by atoms with Gasteiger partial charge in [0.1, 0.15) is 23.0 Å². The Morgan fingerprint density at radius 3 is 2.70 bits per heavy atom. The summed E-state index contributed by atoms with van der Waals surface area (Å²) in [5, 5.41) is 13.3. The van der Waals surface area contributed by atoms with E-state index in [1.54, 1.807) is 19.1 Å². The zero-order valence-corrected chi connectivity index (χ0v) is 19.9. The van der Waals surface area contributed by atoms with Crippen molar-refractivity contribution < 1.29 is 27.8 Å². The Morgan fingerprint density at radius 2 is 2.00 bits per heavy atom. The first kappa shape index (κ1) is 23.4. The number of benzene rings is 2. The second-order valence-corrected chi connectivity index (χ2v) is 9.46. The molecule has 2 aromatic carbocycles. The molecule has 2 aliphatic rings. The smallest absolute Gasteiger partial charge is 0.387 e. The lowest BCUT2D eigenvalue weighted by atomic mass is 9.97. The third kappa shape index (κ3) is 3.64. The second-order valence-electron chi connectivity index (χ2n) is 9.46. The van der Waals surface area contributed by atoms with E-state index in [0.717, 1.165) is 0 Å². The summed E-state index contributed by atoms with van der Waals surface area (Å²) in [5.41, 5.74) is 0.922. The number of aromatic nitrogens is 4. The number of imidazole rings is 1. The molecule has 1 amide bonds. The van der Waals surface area contributed by atoms with Gasteiger partial charge in [-0.3, -0.25) is 4.79 Å². The van der Waals surface area contributed by atoms with Crippen LogP contribution in [-0.4, -0.2) is 37.1 Å². The van der Waals surface area contributed by atoms with E-state index in [9.17, 15) is 18.7 Å². The third-order valence-corrected chi connectivity index (χ3v) is 7.19. The largest absolute Gasteiger partial charge is 0.434 e. The van der Waals surface area contributed by atoms with Crippen LogP contribution >= 0.6 is 0 Å². The molecule has 2 aliphatic heterocycles. The zero-order chi connectivity index (χ0) is 26.1. The molecule has 11 heteroatoms. The summed E-state index contributed by atoms with van der Waals surface area (Å²) in [7, 11) is 0. The Bertz CT molecular complexity index is 1550. The highest BCUT2D eigenvalue weighted by molar-refractivity contribution is 5.98. The fraction of sp³-hybridized carbons (Fsp3) is 0.308. The third-order valence-electron chi connectivity index (χ3n) is 7.19. The van der Waals surface area contributed by atoms with Crippen molar-refractivity contribution >= 4 is 16.9 Å². The van der Waals surface area contributed by atoms with Crippen molar-refractivity contribution in [1.29, 1.82) is 0 Å².